The monoisotopic (exact) mass is 446 g/mol. The van der Waals surface area contributed by atoms with Crippen LogP contribution in [0.15, 0.2) is 53.5 Å². The fraction of sp³-hybridized carbons (Fsp3) is 0.391. The number of guanidine groups is 1. The highest BCUT2D eigenvalue weighted by Crippen LogP contribution is 2.26. The maximum absolute atomic E-state index is 12.8. The molecule has 1 amide bonds. The van der Waals surface area contributed by atoms with Crippen molar-refractivity contribution in [3.63, 3.8) is 0 Å². The van der Waals surface area contributed by atoms with Gasteiger partial charge in [-0.15, -0.1) is 0 Å². The summed E-state index contributed by atoms with van der Waals surface area (Å²) in [6.07, 6.45) is 0.975. The summed E-state index contributed by atoms with van der Waals surface area (Å²) in [7, 11) is 0. The van der Waals surface area contributed by atoms with Crippen LogP contribution >= 0.6 is 0 Å². The largest absolute Gasteiger partial charge is 0.435 e. The van der Waals surface area contributed by atoms with Crippen molar-refractivity contribution in [1.29, 1.82) is 0 Å². The van der Waals surface area contributed by atoms with Gasteiger partial charge >= 0.3 is 6.61 Å². The third-order valence-electron chi connectivity index (χ3n) is 5.08. The summed E-state index contributed by atoms with van der Waals surface area (Å²) >= 11 is 0. The highest BCUT2D eigenvalue weighted by atomic mass is 19.3. The van der Waals surface area contributed by atoms with E-state index < -0.39 is 12.7 Å². The molecule has 1 atom stereocenters. The number of halogens is 2. The number of ether oxygens (including phenoxy) is 1. The van der Waals surface area contributed by atoms with E-state index in [-0.39, 0.29) is 24.7 Å². The lowest BCUT2D eigenvalue weighted by molar-refractivity contribution is -0.117. The van der Waals surface area contributed by atoms with Crippen molar-refractivity contribution in [2.24, 2.45) is 4.99 Å². The average Bonchev–Trinajstić information content (AvgIpc) is 2.80. The van der Waals surface area contributed by atoms with Gasteiger partial charge in [0, 0.05) is 25.3 Å². The summed E-state index contributed by atoms with van der Waals surface area (Å²) in [5.74, 6) is 0.337. The van der Waals surface area contributed by atoms with Crippen molar-refractivity contribution in [3.8, 4) is 5.75 Å². The van der Waals surface area contributed by atoms with E-state index in [1.54, 1.807) is 4.90 Å². The average molecular weight is 446 g/mol. The number of aliphatic hydroxyl groups is 1. The molecular weight excluding hydrogens is 418 g/mol. The molecule has 0 saturated carbocycles. The van der Waals surface area contributed by atoms with E-state index in [1.807, 2.05) is 31.2 Å². The van der Waals surface area contributed by atoms with Gasteiger partial charge in [0.05, 0.1) is 6.10 Å². The number of hydrogen-bond donors (Lipinski definition) is 3. The number of rotatable bonds is 8. The fourth-order valence-corrected chi connectivity index (χ4v) is 3.55. The zero-order valence-corrected chi connectivity index (χ0v) is 17.9. The highest BCUT2D eigenvalue weighted by molar-refractivity contribution is 5.97. The molecule has 172 valence electrons. The number of carbonyl (C=O) groups excluding carboxylic acids is 1. The Morgan fingerprint density at radius 1 is 1.19 bits per heavy atom. The molecule has 0 radical (unpaired) electrons. The number of fused-ring (bicyclic) bond motifs is 1. The van der Waals surface area contributed by atoms with Crippen LogP contribution in [0.1, 0.15) is 30.6 Å². The number of aliphatic imine (C=N–C) groups is 1. The zero-order valence-electron chi connectivity index (χ0n) is 17.9. The summed E-state index contributed by atoms with van der Waals surface area (Å²) in [6, 6.07) is 13.7. The van der Waals surface area contributed by atoms with Crippen LogP contribution in [0.2, 0.25) is 0 Å². The van der Waals surface area contributed by atoms with Gasteiger partial charge in [0.25, 0.3) is 0 Å². The molecule has 0 aliphatic carbocycles. The first-order valence-corrected chi connectivity index (χ1v) is 10.6. The van der Waals surface area contributed by atoms with Crippen LogP contribution in [0.5, 0.6) is 5.75 Å². The minimum Gasteiger partial charge on any atom is -0.435 e. The Balaban J connectivity index is 1.57. The van der Waals surface area contributed by atoms with E-state index in [9.17, 15) is 18.7 Å². The SMILES string of the molecule is CCNC(=NCC(=O)N1CCCc2ccccc21)NCC(O)c1ccc(OC(F)F)cc1. The van der Waals surface area contributed by atoms with Crippen LogP contribution in [0, 0.1) is 0 Å². The predicted molar refractivity (Wildman–Crippen MR) is 119 cm³/mol. The molecule has 1 unspecified atom stereocenters. The number of benzene rings is 2. The first-order chi connectivity index (χ1) is 15.5. The van der Waals surface area contributed by atoms with Gasteiger partial charge in [-0.2, -0.15) is 8.78 Å². The van der Waals surface area contributed by atoms with Gasteiger partial charge < -0.3 is 25.4 Å². The van der Waals surface area contributed by atoms with E-state index in [0.717, 1.165) is 24.1 Å². The third kappa shape index (κ3) is 6.40. The number of nitrogens with zero attached hydrogens (tertiary/aromatic N) is 2. The van der Waals surface area contributed by atoms with Crippen LogP contribution in [0.25, 0.3) is 0 Å². The lowest BCUT2D eigenvalue weighted by atomic mass is 10.0. The summed E-state index contributed by atoms with van der Waals surface area (Å²) in [5, 5.41) is 16.5. The molecule has 1 aliphatic rings. The lowest BCUT2D eigenvalue weighted by Crippen LogP contribution is -2.41. The molecule has 1 aliphatic heterocycles. The molecule has 1 heterocycles. The van der Waals surface area contributed by atoms with Crippen LogP contribution in [-0.2, 0) is 11.2 Å². The van der Waals surface area contributed by atoms with Crippen molar-refractivity contribution >= 4 is 17.6 Å². The first-order valence-electron chi connectivity index (χ1n) is 10.6. The fourth-order valence-electron chi connectivity index (χ4n) is 3.55. The standard InChI is InChI=1S/C23H28F2N4O3/c1-2-26-23(27-14-20(30)17-9-11-18(12-10-17)32-22(24)25)28-15-21(31)29-13-5-7-16-6-3-4-8-19(16)29/h3-4,6,8-12,20,22,30H,2,5,7,13-15H2,1H3,(H2,26,27,28). The quantitative estimate of drug-likeness (QED) is 0.429. The van der Waals surface area contributed by atoms with Gasteiger partial charge in [-0.05, 0) is 49.1 Å². The number of hydrogen-bond acceptors (Lipinski definition) is 4. The molecule has 0 spiro atoms. The second kappa shape index (κ2) is 11.4. The summed E-state index contributed by atoms with van der Waals surface area (Å²) in [6.45, 7) is 0.355. The summed E-state index contributed by atoms with van der Waals surface area (Å²) in [4.78, 5) is 18.9. The van der Waals surface area contributed by atoms with Crippen LogP contribution < -0.4 is 20.3 Å². The van der Waals surface area contributed by atoms with Crippen LogP contribution in [0.4, 0.5) is 14.5 Å². The summed E-state index contributed by atoms with van der Waals surface area (Å²) < 4.78 is 28.8. The Kier molecular flexibility index (Phi) is 8.38. The first kappa shape index (κ1) is 23.5. The third-order valence-corrected chi connectivity index (χ3v) is 5.08. The predicted octanol–water partition coefficient (Wildman–Crippen LogP) is 2.86. The van der Waals surface area contributed by atoms with Crippen molar-refractivity contribution in [2.45, 2.75) is 32.5 Å². The topological polar surface area (TPSA) is 86.2 Å². The Hall–Kier alpha value is -3.20. The van der Waals surface area contributed by atoms with Gasteiger partial charge in [0.15, 0.2) is 5.96 Å². The van der Waals surface area contributed by atoms with Crippen molar-refractivity contribution in [3.05, 3.63) is 59.7 Å². The van der Waals surface area contributed by atoms with Gasteiger partial charge in [-0.1, -0.05) is 30.3 Å². The molecule has 7 nitrogen and oxygen atoms in total. The van der Waals surface area contributed by atoms with Gasteiger partial charge in [0.2, 0.25) is 5.91 Å². The molecule has 0 bridgehead atoms. The Bertz CT molecular complexity index is 922. The van der Waals surface area contributed by atoms with E-state index in [0.29, 0.717) is 24.6 Å². The van der Waals surface area contributed by atoms with Crippen molar-refractivity contribution in [1.82, 2.24) is 10.6 Å². The zero-order chi connectivity index (χ0) is 22.9. The number of anilines is 1. The second-order valence-corrected chi connectivity index (χ2v) is 7.32. The lowest BCUT2D eigenvalue weighted by Gasteiger charge is -2.29. The van der Waals surface area contributed by atoms with Gasteiger partial charge in [0.1, 0.15) is 12.3 Å². The van der Waals surface area contributed by atoms with E-state index >= 15 is 0 Å². The molecule has 0 saturated heterocycles. The number of amides is 1. The molecule has 3 N–H and O–H groups in total. The molecule has 0 fully saturated rings. The van der Waals surface area contributed by atoms with Crippen molar-refractivity contribution < 1.29 is 23.4 Å². The van der Waals surface area contributed by atoms with Crippen LogP contribution in [0.3, 0.4) is 0 Å². The maximum atomic E-state index is 12.8. The molecular formula is C23H28F2N4O3. The number of aliphatic hydroxyl groups excluding tert-OH is 1. The normalized spacial score (nSPS) is 14.7. The Labute approximate surface area is 186 Å². The maximum Gasteiger partial charge on any atom is 0.387 e. The molecule has 32 heavy (non-hydrogen) atoms. The number of carbonyl (C=O) groups is 1. The minimum absolute atomic E-state index is 0.0246. The van der Waals surface area contributed by atoms with Gasteiger partial charge in [-0.25, -0.2) is 4.99 Å². The molecule has 2 aromatic carbocycles. The molecule has 3 rings (SSSR count). The molecule has 2 aromatic rings. The number of aryl methyl sites for hydroxylation is 1. The smallest absolute Gasteiger partial charge is 0.387 e. The van der Waals surface area contributed by atoms with E-state index in [1.165, 1.54) is 24.3 Å². The van der Waals surface area contributed by atoms with Crippen molar-refractivity contribution in [2.75, 3.05) is 31.1 Å². The Morgan fingerprint density at radius 3 is 2.66 bits per heavy atom. The van der Waals surface area contributed by atoms with Crippen LogP contribution in [-0.4, -0.2) is 49.8 Å². The van der Waals surface area contributed by atoms with Gasteiger partial charge in [-0.3, -0.25) is 4.79 Å². The molecule has 0 aromatic heterocycles. The van der Waals surface area contributed by atoms with E-state index in [2.05, 4.69) is 20.4 Å². The number of alkyl halides is 2. The highest BCUT2D eigenvalue weighted by Gasteiger charge is 2.21. The number of nitrogens with one attached hydrogen (secondary N) is 2. The summed E-state index contributed by atoms with van der Waals surface area (Å²) in [5.41, 5.74) is 2.64. The number of para-hydroxylation sites is 1. The minimum atomic E-state index is -2.90. The molecule has 9 heteroatoms. The second-order valence-electron chi connectivity index (χ2n) is 7.32. The van der Waals surface area contributed by atoms with E-state index in [4.69, 9.17) is 0 Å². The Morgan fingerprint density at radius 2 is 1.94 bits per heavy atom.